The smallest absolute Gasteiger partial charge is 0.306 e. The molecule has 68 heavy (non-hydrogen) atoms. The summed E-state index contributed by atoms with van der Waals surface area (Å²) in [7, 11) is 0. The fraction of sp³-hybridized carbons (Fsp3) is 0.435. The van der Waals surface area contributed by atoms with Gasteiger partial charge in [-0.15, -0.1) is 0 Å². The summed E-state index contributed by atoms with van der Waals surface area (Å²) in [4.78, 5) is 38.0. The first-order valence-corrected chi connectivity index (χ1v) is 25.5. The molecule has 0 spiro atoms. The quantitative estimate of drug-likeness (QED) is 0.0199. The molecule has 0 aliphatic heterocycles. The van der Waals surface area contributed by atoms with Gasteiger partial charge in [-0.3, -0.25) is 14.4 Å². The Morgan fingerprint density at radius 1 is 0.309 bits per heavy atom. The summed E-state index contributed by atoms with van der Waals surface area (Å²) in [5.41, 5.74) is 0. The molecule has 0 rings (SSSR count). The van der Waals surface area contributed by atoms with E-state index < -0.39 is 18.0 Å². The monoisotopic (exact) mass is 929 g/mol. The molecule has 0 fully saturated rings. The molecule has 0 aromatic carbocycles. The van der Waals surface area contributed by atoms with Crippen molar-refractivity contribution in [3.63, 3.8) is 0 Å². The van der Waals surface area contributed by atoms with Crippen LogP contribution in [0.25, 0.3) is 0 Å². The molecule has 0 aliphatic rings. The number of ether oxygens (including phenoxy) is 3. The van der Waals surface area contributed by atoms with Gasteiger partial charge in [-0.2, -0.15) is 0 Å². The number of hydrogen-bond donors (Lipinski definition) is 0. The lowest BCUT2D eigenvalue weighted by atomic mass is 10.1. The van der Waals surface area contributed by atoms with Crippen molar-refractivity contribution < 1.29 is 28.6 Å². The maximum Gasteiger partial charge on any atom is 0.306 e. The summed E-state index contributed by atoms with van der Waals surface area (Å²) in [5, 5.41) is 0. The van der Waals surface area contributed by atoms with Gasteiger partial charge in [-0.25, -0.2) is 0 Å². The Morgan fingerprint density at radius 3 is 1.09 bits per heavy atom. The molecule has 0 aliphatic carbocycles. The van der Waals surface area contributed by atoms with Crippen molar-refractivity contribution in [3.05, 3.63) is 194 Å². The summed E-state index contributed by atoms with van der Waals surface area (Å²) in [6, 6.07) is 0. The Kier molecular flexibility index (Phi) is 49.3. The Balaban J connectivity index is 4.74. The van der Waals surface area contributed by atoms with Gasteiger partial charge in [0.25, 0.3) is 0 Å². The van der Waals surface area contributed by atoms with E-state index in [1.165, 1.54) is 0 Å². The number of carbonyl (C=O) groups excluding carboxylic acids is 3. The van der Waals surface area contributed by atoms with Crippen molar-refractivity contribution in [2.24, 2.45) is 0 Å². The van der Waals surface area contributed by atoms with E-state index in [9.17, 15) is 14.4 Å². The summed E-state index contributed by atoms with van der Waals surface area (Å²) >= 11 is 0. The van der Waals surface area contributed by atoms with Crippen LogP contribution in [-0.2, 0) is 28.6 Å². The van der Waals surface area contributed by atoms with Crippen molar-refractivity contribution >= 4 is 17.9 Å². The zero-order chi connectivity index (χ0) is 49.3. The highest BCUT2D eigenvalue weighted by molar-refractivity contribution is 5.71. The third-order valence-corrected chi connectivity index (χ3v) is 9.50. The topological polar surface area (TPSA) is 78.9 Å². The van der Waals surface area contributed by atoms with Gasteiger partial charge >= 0.3 is 17.9 Å². The minimum Gasteiger partial charge on any atom is -0.462 e. The average molecular weight is 929 g/mol. The lowest BCUT2D eigenvalue weighted by Gasteiger charge is -2.18. The number of allylic oxidation sites excluding steroid dienone is 32. The Labute approximate surface area is 414 Å². The molecule has 0 bridgehead atoms. The van der Waals surface area contributed by atoms with E-state index in [-0.39, 0.29) is 38.4 Å². The molecule has 6 nitrogen and oxygen atoms in total. The Bertz CT molecular complexity index is 1730. The molecule has 1 atom stereocenters. The maximum absolute atomic E-state index is 12.8. The maximum atomic E-state index is 12.8. The van der Waals surface area contributed by atoms with E-state index in [1.807, 2.05) is 72.9 Å². The second-order valence-electron chi connectivity index (χ2n) is 15.7. The highest BCUT2D eigenvalue weighted by Crippen LogP contribution is 2.09. The molecule has 0 radical (unpaired) electrons. The number of carbonyl (C=O) groups is 3. The molecule has 372 valence electrons. The van der Waals surface area contributed by atoms with Gasteiger partial charge in [0.1, 0.15) is 13.2 Å². The van der Waals surface area contributed by atoms with Crippen LogP contribution in [-0.4, -0.2) is 37.2 Å². The fourth-order valence-electron chi connectivity index (χ4n) is 5.79. The van der Waals surface area contributed by atoms with Gasteiger partial charge in [0.15, 0.2) is 6.10 Å². The van der Waals surface area contributed by atoms with E-state index in [1.54, 1.807) is 0 Å². The molecule has 0 heterocycles. The van der Waals surface area contributed by atoms with Crippen LogP contribution < -0.4 is 0 Å². The summed E-state index contributed by atoms with van der Waals surface area (Å²) < 4.78 is 16.6. The molecule has 1 unspecified atom stereocenters. The van der Waals surface area contributed by atoms with Crippen molar-refractivity contribution in [2.45, 2.75) is 162 Å². The molecule has 0 N–H and O–H groups in total. The standard InChI is InChI=1S/C62H88O6/c1-4-7-10-13-16-19-22-25-28-31-34-37-40-43-46-49-52-55-61(64)67-58-59(57-66-60(63)54-51-48-45-42-39-36-33-30-27-24-21-18-15-12-9-6-3)68-62(65)56-53-50-47-44-41-38-35-32-29-26-23-20-17-14-11-8-5-2/h7-13,16-22,25-31,34-40,44-45,47-48,59H,4-6,14-15,23-24,32-33,41-43,46,49-58H2,1-3H3/b10-7-,11-8-,12-9-,16-13-,20-17-,21-18-,22-19-,28-25-,29-26-,30-27-,34-31+,38-35-,39-36-,40-37-,47-44-,48-45-. The second-order valence-corrected chi connectivity index (χ2v) is 15.7. The molecule has 0 amide bonds. The minimum absolute atomic E-state index is 0.159. The van der Waals surface area contributed by atoms with Crippen LogP contribution in [0.3, 0.4) is 0 Å². The van der Waals surface area contributed by atoms with E-state index in [2.05, 4.69) is 142 Å². The van der Waals surface area contributed by atoms with Crippen molar-refractivity contribution in [1.29, 1.82) is 0 Å². The zero-order valence-electron chi connectivity index (χ0n) is 42.3. The first-order chi connectivity index (χ1) is 33.5. The summed E-state index contributed by atoms with van der Waals surface area (Å²) in [6.07, 6.45) is 82.8. The van der Waals surface area contributed by atoms with Gasteiger partial charge in [0.2, 0.25) is 0 Å². The van der Waals surface area contributed by atoms with Crippen LogP contribution in [0.4, 0.5) is 0 Å². The minimum atomic E-state index is -0.869. The van der Waals surface area contributed by atoms with Gasteiger partial charge < -0.3 is 14.2 Å². The highest BCUT2D eigenvalue weighted by atomic mass is 16.6. The summed E-state index contributed by atoms with van der Waals surface area (Å²) in [5.74, 6) is -1.16. The number of unbranched alkanes of at least 4 members (excludes halogenated alkanes) is 4. The third-order valence-electron chi connectivity index (χ3n) is 9.50. The molecule has 0 aromatic rings. The highest BCUT2D eigenvalue weighted by Gasteiger charge is 2.19. The van der Waals surface area contributed by atoms with Crippen LogP contribution in [0.5, 0.6) is 0 Å². The second kappa shape index (κ2) is 53.9. The lowest BCUT2D eigenvalue weighted by molar-refractivity contribution is -0.166. The van der Waals surface area contributed by atoms with Gasteiger partial charge in [0.05, 0.1) is 0 Å². The van der Waals surface area contributed by atoms with Crippen LogP contribution in [0.2, 0.25) is 0 Å². The number of esters is 3. The van der Waals surface area contributed by atoms with Crippen molar-refractivity contribution in [2.75, 3.05) is 13.2 Å². The van der Waals surface area contributed by atoms with Crippen LogP contribution in [0.15, 0.2) is 194 Å². The number of rotatable bonds is 42. The summed E-state index contributed by atoms with van der Waals surface area (Å²) in [6.45, 7) is 6.07. The van der Waals surface area contributed by atoms with E-state index in [0.717, 1.165) is 96.3 Å². The normalized spacial score (nSPS) is 13.8. The predicted octanol–water partition coefficient (Wildman–Crippen LogP) is 17.1. The lowest BCUT2D eigenvalue weighted by Crippen LogP contribution is -2.30. The van der Waals surface area contributed by atoms with E-state index >= 15 is 0 Å². The fourth-order valence-corrected chi connectivity index (χ4v) is 5.79. The first kappa shape index (κ1) is 62.2. The first-order valence-electron chi connectivity index (χ1n) is 25.5. The van der Waals surface area contributed by atoms with Crippen LogP contribution in [0, 0.1) is 0 Å². The van der Waals surface area contributed by atoms with Gasteiger partial charge in [0, 0.05) is 19.3 Å². The molecular weight excluding hydrogens is 841 g/mol. The van der Waals surface area contributed by atoms with Gasteiger partial charge in [-0.05, 0) is 109 Å². The van der Waals surface area contributed by atoms with Crippen LogP contribution in [0.1, 0.15) is 156 Å². The van der Waals surface area contributed by atoms with Crippen molar-refractivity contribution in [3.8, 4) is 0 Å². The predicted molar refractivity (Wildman–Crippen MR) is 292 cm³/mol. The van der Waals surface area contributed by atoms with E-state index in [4.69, 9.17) is 14.2 Å². The largest absolute Gasteiger partial charge is 0.462 e. The number of hydrogen-bond acceptors (Lipinski definition) is 6. The van der Waals surface area contributed by atoms with E-state index in [0.29, 0.717) is 19.3 Å². The van der Waals surface area contributed by atoms with Crippen LogP contribution >= 0.6 is 0 Å². The average Bonchev–Trinajstić information content (AvgIpc) is 3.34. The molecule has 6 heteroatoms. The molecule has 0 saturated carbocycles. The Hall–Kier alpha value is -5.75. The van der Waals surface area contributed by atoms with Crippen molar-refractivity contribution in [1.82, 2.24) is 0 Å². The molecule has 0 aromatic heterocycles. The molecule has 0 saturated heterocycles. The SMILES string of the molecule is CC\C=C/C=C\C=C/C=C\C=C\C=C/CCCCCC(=O)OCC(COC(=O)CC/C=C\C/C=C\C/C=C\C/C=C\C/C=C\CC)OC(=O)CCC/C=C\C/C=C\C/C=C\C/C=C\C/C=C\CC. The zero-order valence-corrected chi connectivity index (χ0v) is 42.3. The Morgan fingerprint density at radius 2 is 0.647 bits per heavy atom. The van der Waals surface area contributed by atoms with Gasteiger partial charge in [-0.1, -0.05) is 222 Å². The molecular formula is C62H88O6. The third kappa shape index (κ3) is 51.2.